The van der Waals surface area contributed by atoms with Crippen LogP contribution in [0.4, 0.5) is 0 Å². The zero-order chi connectivity index (χ0) is 21.8. The van der Waals surface area contributed by atoms with Gasteiger partial charge in [-0.25, -0.2) is 0 Å². The van der Waals surface area contributed by atoms with Gasteiger partial charge in [0, 0.05) is 0 Å². The summed E-state index contributed by atoms with van der Waals surface area (Å²) < 4.78 is 7.60. The number of nitrogens with zero attached hydrogens (tertiary/aromatic N) is 2. The smallest absolute Gasteiger partial charge is 0.325 e. The first kappa shape index (κ1) is 22.0. The van der Waals surface area contributed by atoms with E-state index >= 15 is 0 Å². The number of methoxy groups -OCH3 is 1. The largest absolute Gasteiger partial charge is 0.468 e. The maximum Gasteiger partial charge on any atom is 0.325 e. The van der Waals surface area contributed by atoms with Crippen LogP contribution in [0.2, 0.25) is 0 Å². The predicted octanol–water partition coefficient (Wildman–Crippen LogP) is 4.79. The number of fused-ring (bicyclic) bond motifs is 1. The number of rotatable bonds is 6. The van der Waals surface area contributed by atoms with Crippen LogP contribution < -0.4 is 4.80 Å². The Morgan fingerprint density at radius 2 is 1.63 bits per heavy atom. The van der Waals surface area contributed by atoms with Gasteiger partial charge in [0.05, 0.1) is 23.7 Å². The highest BCUT2D eigenvalue weighted by Gasteiger charge is 2.13. The fourth-order valence-corrected chi connectivity index (χ4v) is 4.32. The number of carbonyl (C=O) groups excluding carboxylic acids is 2. The first-order valence-corrected chi connectivity index (χ1v) is 11.0. The van der Waals surface area contributed by atoms with Gasteiger partial charge in [-0.3, -0.25) is 9.59 Å². The molecule has 158 valence electrons. The quantitative estimate of drug-likeness (QED) is 0.535. The lowest BCUT2D eigenvalue weighted by Gasteiger charge is -2.07. The summed E-state index contributed by atoms with van der Waals surface area (Å²) in [6, 6.07) is 14.2. The first-order chi connectivity index (χ1) is 14.3. The Morgan fingerprint density at radius 3 is 2.23 bits per heavy atom. The third-order valence-electron chi connectivity index (χ3n) is 5.11. The Hall–Kier alpha value is -2.73. The Morgan fingerprint density at radius 1 is 1.00 bits per heavy atom. The van der Waals surface area contributed by atoms with Crippen molar-refractivity contribution in [1.29, 1.82) is 0 Å². The molecule has 2 aromatic carbocycles. The number of hydrogen-bond acceptors (Lipinski definition) is 4. The molecule has 1 heterocycles. The lowest BCUT2D eigenvalue weighted by atomic mass is 10.0. The average molecular weight is 425 g/mol. The monoisotopic (exact) mass is 424 g/mol. The Bertz CT molecular complexity index is 1120. The molecular weight excluding hydrogens is 396 g/mol. The summed E-state index contributed by atoms with van der Waals surface area (Å²) in [6.07, 6.45) is 0.224. The van der Waals surface area contributed by atoms with Crippen LogP contribution in [0.1, 0.15) is 56.2 Å². The number of amides is 1. The van der Waals surface area contributed by atoms with Crippen molar-refractivity contribution in [3.8, 4) is 0 Å². The van der Waals surface area contributed by atoms with E-state index in [9.17, 15) is 9.59 Å². The molecule has 0 saturated carbocycles. The van der Waals surface area contributed by atoms with Crippen molar-refractivity contribution in [3.63, 3.8) is 0 Å². The van der Waals surface area contributed by atoms with Crippen LogP contribution >= 0.6 is 11.3 Å². The number of carbonyl (C=O) groups is 2. The van der Waals surface area contributed by atoms with Gasteiger partial charge in [0.25, 0.3) is 5.91 Å². The summed E-state index contributed by atoms with van der Waals surface area (Å²) in [5, 5.41) is 0. The van der Waals surface area contributed by atoms with Gasteiger partial charge in [-0.05, 0) is 40.7 Å². The number of thiazole rings is 1. The molecular formula is C24H28N2O3S. The van der Waals surface area contributed by atoms with Crippen molar-refractivity contribution >= 4 is 33.4 Å². The number of benzene rings is 2. The number of esters is 1. The maximum absolute atomic E-state index is 12.7. The van der Waals surface area contributed by atoms with Gasteiger partial charge in [0.15, 0.2) is 4.80 Å². The molecule has 0 aliphatic rings. The fraction of sp³-hybridized carbons (Fsp3) is 0.375. The highest BCUT2D eigenvalue weighted by Crippen LogP contribution is 2.24. The molecule has 0 fully saturated rings. The standard InChI is InChI=1S/C24H28N2O3S/c1-15(2)18-8-6-17(7-9-18)12-22(27)25-24-26(14-23(28)29-5)20-11-10-19(16(3)4)13-21(20)30-24/h6-11,13,15-16H,12,14H2,1-5H3. The number of ether oxygens (including phenoxy) is 1. The van der Waals surface area contributed by atoms with Gasteiger partial charge < -0.3 is 9.30 Å². The normalized spacial score (nSPS) is 12.2. The molecule has 0 radical (unpaired) electrons. The van der Waals surface area contributed by atoms with E-state index in [4.69, 9.17) is 4.74 Å². The van der Waals surface area contributed by atoms with E-state index < -0.39 is 0 Å². The minimum atomic E-state index is -0.374. The zero-order valence-corrected chi connectivity index (χ0v) is 19.0. The summed E-state index contributed by atoms with van der Waals surface area (Å²) in [5.74, 6) is 0.231. The summed E-state index contributed by atoms with van der Waals surface area (Å²) in [5.41, 5.74) is 4.25. The molecule has 0 unspecified atom stereocenters. The van der Waals surface area contributed by atoms with Crippen LogP contribution in [0.15, 0.2) is 47.5 Å². The van der Waals surface area contributed by atoms with E-state index in [1.807, 2.05) is 18.2 Å². The van der Waals surface area contributed by atoms with E-state index in [1.165, 1.54) is 29.6 Å². The topological polar surface area (TPSA) is 60.7 Å². The summed E-state index contributed by atoms with van der Waals surface area (Å²) in [6.45, 7) is 8.57. The van der Waals surface area contributed by atoms with Crippen LogP contribution in [-0.2, 0) is 27.3 Å². The van der Waals surface area contributed by atoms with Crippen LogP contribution in [0, 0.1) is 0 Å². The summed E-state index contributed by atoms with van der Waals surface area (Å²) >= 11 is 1.42. The van der Waals surface area contributed by atoms with Gasteiger partial charge in [-0.15, -0.1) is 0 Å². The fourth-order valence-electron chi connectivity index (χ4n) is 3.22. The van der Waals surface area contributed by atoms with E-state index in [0.717, 1.165) is 15.8 Å². The summed E-state index contributed by atoms with van der Waals surface area (Å²) in [7, 11) is 1.36. The molecule has 0 spiro atoms. The predicted molar refractivity (Wildman–Crippen MR) is 121 cm³/mol. The molecule has 0 N–H and O–H groups in total. The average Bonchev–Trinajstić information content (AvgIpc) is 3.04. The van der Waals surface area contributed by atoms with Crippen molar-refractivity contribution in [2.45, 2.75) is 52.5 Å². The molecule has 1 amide bonds. The molecule has 3 rings (SSSR count). The van der Waals surface area contributed by atoms with E-state index in [1.54, 1.807) is 4.57 Å². The lowest BCUT2D eigenvalue weighted by molar-refractivity contribution is -0.141. The third-order valence-corrected chi connectivity index (χ3v) is 6.15. The van der Waals surface area contributed by atoms with Crippen molar-refractivity contribution in [2.75, 3.05) is 7.11 Å². The molecule has 5 nitrogen and oxygen atoms in total. The molecule has 0 saturated heterocycles. The first-order valence-electron chi connectivity index (χ1n) is 10.1. The second-order valence-electron chi connectivity index (χ2n) is 8.01. The summed E-state index contributed by atoms with van der Waals surface area (Å²) in [4.78, 5) is 29.5. The van der Waals surface area contributed by atoms with Crippen molar-refractivity contribution < 1.29 is 14.3 Å². The zero-order valence-electron chi connectivity index (χ0n) is 18.1. The molecule has 3 aromatic rings. The molecule has 0 aliphatic heterocycles. The minimum Gasteiger partial charge on any atom is -0.468 e. The maximum atomic E-state index is 12.7. The molecule has 0 bridgehead atoms. The van der Waals surface area contributed by atoms with Crippen molar-refractivity contribution in [2.24, 2.45) is 4.99 Å². The molecule has 6 heteroatoms. The van der Waals surface area contributed by atoms with Gasteiger partial charge in [-0.1, -0.05) is 69.4 Å². The Balaban J connectivity index is 1.97. The second-order valence-corrected chi connectivity index (χ2v) is 9.02. The van der Waals surface area contributed by atoms with Crippen LogP contribution in [0.25, 0.3) is 10.2 Å². The van der Waals surface area contributed by atoms with Gasteiger partial charge in [-0.2, -0.15) is 4.99 Å². The van der Waals surface area contributed by atoms with Crippen LogP contribution in [0.3, 0.4) is 0 Å². The van der Waals surface area contributed by atoms with Crippen LogP contribution in [-0.4, -0.2) is 23.6 Å². The minimum absolute atomic E-state index is 0.0206. The third kappa shape index (κ3) is 5.05. The molecule has 30 heavy (non-hydrogen) atoms. The van der Waals surface area contributed by atoms with Gasteiger partial charge in [0.2, 0.25) is 0 Å². The Kier molecular flexibility index (Phi) is 6.87. The highest BCUT2D eigenvalue weighted by molar-refractivity contribution is 7.16. The lowest BCUT2D eigenvalue weighted by Crippen LogP contribution is -2.22. The van der Waals surface area contributed by atoms with E-state index in [-0.39, 0.29) is 24.8 Å². The SMILES string of the molecule is COC(=O)Cn1c(=NC(=O)Cc2ccc(C(C)C)cc2)sc2cc(C(C)C)ccc21. The molecule has 0 atom stereocenters. The number of aromatic nitrogens is 1. The molecule has 1 aromatic heterocycles. The van der Waals surface area contributed by atoms with E-state index in [2.05, 4.69) is 57.0 Å². The second kappa shape index (κ2) is 9.39. The Labute approximate surface area is 181 Å². The van der Waals surface area contributed by atoms with Crippen LogP contribution in [0.5, 0.6) is 0 Å². The van der Waals surface area contributed by atoms with Crippen molar-refractivity contribution in [1.82, 2.24) is 4.57 Å². The van der Waals surface area contributed by atoms with Crippen molar-refractivity contribution in [3.05, 3.63) is 64.0 Å². The number of hydrogen-bond donors (Lipinski definition) is 0. The van der Waals surface area contributed by atoms with E-state index in [0.29, 0.717) is 16.6 Å². The van der Waals surface area contributed by atoms with Gasteiger partial charge >= 0.3 is 5.97 Å². The molecule has 0 aliphatic carbocycles. The highest BCUT2D eigenvalue weighted by atomic mass is 32.1. The van der Waals surface area contributed by atoms with Gasteiger partial charge in [0.1, 0.15) is 6.54 Å².